The van der Waals surface area contributed by atoms with Crippen LogP contribution < -0.4 is 10.1 Å². The van der Waals surface area contributed by atoms with Crippen molar-refractivity contribution in [1.29, 1.82) is 0 Å². The van der Waals surface area contributed by atoms with E-state index in [0.29, 0.717) is 44.0 Å². The number of carbonyl (C=O) groups is 1. The van der Waals surface area contributed by atoms with Gasteiger partial charge >= 0.3 is 0 Å². The fraction of sp³-hybridized carbons (Fsp3) is 0.480. The van der Waals surface area contributed by atoms with Gasteiger partial charge in [-0.25, -0.2) is 8.42 Å². The molecule has 2 aromatic rings. The number of sulfonamides is 1. The highest BCUT2D eigenvalue weighted by Gasteiger charge is 2.52. The van der Waals surface area contributed by atoms with E-state index in [1.165, 1.54) is 4.31 Å². The number of para-hydroxylation sites is 1. The summed E-state index contributed by atoms with van der Waals surface area (Å²) < 4.78 is 33.7. The van der Waals surface area contributed by atoms with Crippen molar-refractivity contribution in [2.75, 3.05) is 26.2 Å². The summed E-state index contributed by atoms with van der Waals surface area (Å²) in [6, 6.07) is 16.2. The summed E-state index contributed by atoms with van der Waals surface area (Å²) in [5.41, 5.74) is 0.471. The Morgan fingerprint density at radius 3 is 2.30 bits per heavy atom. The summed E-state index contributed by atoms with van der Waals surface area (Å²) in [5, 5.41) is 3.57. The first-order valence-corrected chi connectivity index (χ1v) is 13.0. The maximum Gasteiger partial charge on any atom is 0.243 e. The third-order valence-corrected chi connectivity index (χ3v) is 8.59. The number of hydrogen-bond donors (Lipinski definition) is 1. The number of amides is 1. The van der Waals surface area contributed by atoms with Gasteiger partial charge in [-0.15, -0.1) is 0 Å². The third-order valence-electron chi connectivity index (χ3n) is 6.67. The van der Waals surface area contributed by atoms with E-state index in [4.69, 9.17) is 4.74 Å². The van der Waals surface area contributed by atoms with Gasteiger partial charge in [-0.1, -0.05) is 49.7 Å². The van der Waals surface area contributed by atoms with E-state index in [2.05, 4.69) is 5.32 Å². The molecule has 8 heteroatoms. The van der Waals surface area contributed by atoms with Gasteiger partial charge < -0.3 is 9.64 Å². The predicted molar refractivity (Wildman–Crippen MR) is 127 cm³/mol. The number of rotatable bonds is 7. The third kappa shape index (κ3) is 4.78. The number of carbonyl (C=O) groups excluding carboxylic acids is 1. The Morgan fingerprint density at radius 1 is 1.06 bits per heavy atom. The molecule has 4 rings (SSSR count). The molecule has 1 N–H and O–H groups in total. The predicted octanol–water partition coefficient (Wildman–Crippen LogP) is 3.01. The first-order valence-electron chi connectivity index (χ1n) is 11.6. The number of hydrogen-bond acceptors (Lipinski definition) is 5. The molecule has 1 spiro atoms. The van der Waals surface area contributed by atoms with Crippen LogP contribution in [0.2, 0.25) is 0 Å². The van der Waals surface area contributed by atoms with E-state index in [1.807, 2.05) is 68.1 Å². The Bertz CT molecular complexity index is 1060. The van der Waals surface area contributed by atoms with E-state index < -0.39 is 15.7 Å². The number of aryl methyl sites for hydroxylation is 1. The van der Waals surface area contributed by atoms with E-state index >= 15 is 0 Å². The van der Waals surface area contributed by atoms with Crippen LogP contribution in [0.4, 0.5) is 0 Å². The van der Waals surface area contributed by atoms with Gasteiger partial charge in [0, 0.05) is 13.1 Å². The molecule has 2 aromatic carbocycles. The van der Waals surface area contributed by atoms with Crippen molar-refractivity contribution in [1.82, 2.24) is 14.5 Å². The lowest BCUT2D eigenvalue weighted by atomic mass is 9.97. The molecule has 7 nitrogen and oxygen atoms in total. The number of nitrogens with zero attached hydrogens (tertiary/aromatic N) is 2. The molecule has 2 fully saturated rings. The standard InChI is InChI=1S/C25H33N3O4S/c1-19(2)23-24(29)28(17-18-32-21-7-5-4-6-8-21)25(26-23)13-15-27(16-14-25)33(30,31)22-11-9-20(3)10-12-22/h4-12,19,23,26H,13-18H2,1-3H3. The molecule has 0 radical (unpaired) electrons. The first kappa shape index (κ1) is 23.7. The summed E-state index contributed by atoms with van der Waals surface area (Å²) >= 11 is 0. The molecule has 178 valence electrons. The minimum absolute atomic E-state index is 0.0662. The number of benzene rings is 2. The molecular weight excluding hydrogens is 438 g/mol. The van der Waals surface area contributed by atoms with Crippen molar-refractivity contribution in [2.24, 2.45) is 5.92 Å². The second-order valence-electron chi connectivity index (χ2n) is 9.27. The van der Waals surface area contributed by atoms with Gasteiger partial charge in [-0.3, -0.25) is 10.1 Å². The summed E-state index contributed by atoms with van der Waals surface area (Å²) in [7, 11) is -3.56. The highest BCUT2D eigenvalue weighted by Crippen LogP contribution is 2.35. The Balaban J connectivity index is 1.47. The Morgan fingerprint density at radius 2 is 1.70 bits per heavy atom. The van der Waals surface area contributed by atoms with Crippen molar-refractivity contribution in [3.05, 3.63) is 60.2 Å². The highest BCUT2D eigenvalue weighted by molar-refractivity contribution is 7.89. The van der Waals surface area contributed by atoms with Crippen LogP contribution in [0, 0.1) is 12.8 Å². The van der Waals surface area contributed by atoms with Gasteiger partial charge in [0.2, 0.25) is 15.9 Å². The lowest BCUT2D eigenvalue weighted by Gasteiger charge is -2.44. The zero-order chi connectivity index (χ0) is 23.6. The van der Waals surface area contributed by atoms with Gasteiger partial charge in [0.1, 0.15) is 12.4 Å². The largest absolute Gasteiger partial charge is 0.492 e. The molecule has 1 atom stereocenters. The van der Waals surface area contributed by atoms with Gasteiger partial charge in [-0.05, 0) is 49.9 Å². The summed E-state index contributed by atoms with van der Waals surface area (Å²) in [4.78, 5) is 15.5. The molecule has 1 amide bonds. The van der Waals surface area contributed by atoms with Crippen molar-refractivity contribution in [3.8, 4) is 5.75 Å². The molecule has 2 aliphatic rings. The average molecular weight is 472 g/mol. The van der Waals surface area contributed by atoms with Crippen molar-refractivity contribution >= 4 is 15.9 Å². The molecule has 0 aromatic heterocycles. The van der Waals surface area contributed by atoms with Crippen molar-refractivity contribution in [2.45, 2.75) is 50.2 Å². The molecule has 0 bridgehead atoms. The maximum absolute atomic E-state index is 13.3. The summed E-state index contributed by atoms with van der Waals surface area (Å²) in [6.45, 7) is 7.55. The van der Waals surface area contributed by atoms with Crippen LogP contribution in [0.1, 0.15) is 32.3 Å². The number of nitrogens with one attached hydrogen (secondary N) is 1. The lowest BCUT2D eigenvalue weighted by molar-refractivity contribution is -0.134. The molecule has 33 heavy (non-hydrogen) atoms. The topological polar surface area (TPSA) is 79.0 Å². The molecule has 0 saturated carbocycles. The van der Waals surface area contributed by atoms with Gasteiger partial charge in [-0.2, -0.15) is 4.31 Å². The van der Waals surface area contributed by atoms with E-state index in [-0.39, 0.29) is 17.9 Å². The van der Waals surface area contributed by atoms with Crippen LogP contribution in [0.15, 0.2) is 59.5 Å². The van der Waals surface area contributed by atoms with Crippen LogP contribution in [-0.2, 0) is 14.8 Å². The van der Waals surface area contributed by atoms with Crippen LogP contribution in [0.3, 0.4) is 0 Å². The summed E-state index contributed by atoms with van der Waals surface area (Å²) in [6.07, 6.45) is 1.08. The molecule has 2 heterocycles. The van der Waals surface area contributed by atoms with Gasteiger partial charge in [0.25, 0.3) is 0 Å². The fourth-order valence-corrected chi connectivity index (χ4v) is 6.17. The SMILES string of the molecule is Cc1ccc(S(=O)(=O)N2CCC3(CC2)NC(C(C)C)C(=O)N3CCOc2ccccc2)cc1. The molecule has 1 unspecified atom stereocenters. The smallest absolute Gasteiger partial charge is 0.243 e. The Labute approximate surface area is 196 Å². The molecule has 2 aliphatic heterocycles. The normalized spacial score (nSPS) is 21.2. The van der Waals surface area contributed by atoms with Crippen LogP contribution in [0.5, 0.6) is 5.75 Å². The number of piperidine rings is 1. The summed E-state index contributed by atoms with van der Waals surface area (Å²) in [5.74, 6) is 0.978. The molecular formula is C25H33N3O4S. The average Bonchev–Trinajstić information content (AvgIpc) is 3.07. The van der Waals surface area contributed by atoms with Crippen LogP contribution in [-0.4, -0.2) is 61.5 Å². The quantitative estimate of drug-likeness (QED) is 0.672. The molecule has 0 aliphatic carbocycles. The Hall–Kier alpha value is -2.42. The second kappa shape index (κ2) is 9.44. The fourth-order valence-electron chi connectivity index (χ4n) is 4.73. The highest BCUT2D eigenvalue weighted by atomic mass is 32.2. The minimum atomic E-state index is -3.56. The first-order chi connectivity index (χ1) is 15.7. The van der Waals surface area contributed by atoms with Crippen LogP contribution >= 0.6 is 0 Å². The van der Waals surface area contributed by atoms with Gasteiger partial charge in [0.05, 0.1) is 23.1 Å². The lowest BCUT2D eigenvalue weighted by Crippen LogP contribution is -2.60. The van der Waals surface area contributed by atoms with E-state index in [0.717, 1.165) is 11.3 Å². The van der Waals surface area contributed by atoms with Crippen molar-refractivity contribution in [3.63, 3.8) is 0 Å². The van der Waals surface area contributed by atoms with E-state index in [9.17, 15) is 13.2 Å². The van der Waals surface area contributed by atoms with Gasteiger partial charge in [0.15, 0.2) is 0 Å². The monoisotopic (exact) mass is 471 g/mol. The molecule has 2 saturated heterocycles. The number of ether oxygens (including phenoxy) is 1. The zero-order valence-electron chi connectivity index (χ0n) is 19.5. The minimum Gasteiger partial charge on any atom is -0.492 e. The zero-order valence-corrected chi connectivity index (χ0v) is 20.3. The van der Waals surface area contributed by atoms with Crippen molar-refractivity contribution < 1.29 is 17.9 Å². The van der Waals surface area contributed by atoms with E-state index in [1.54, 1.807) is 12.1 Å². The second-order valence-corrected chi connectivity index (χ2v) is 11.2. The Kier molecular flexibility index (Phi) is 6.79. The maximum atomic E-state index is 13.3. The van der Waals surface area contributed by atoms with Crippen LogP contribution in [0.25, 0.3) is 0 Å².